The van der Waals surface area contributed by atoms with Gasteiger partial charge in [-0.3, -0.25) is 26.3 Å². The van der Waals surface area contributed by atoms with Crippen molar-refractivity contribution in [2.45, 2.75) is 20.8 Å². The molecule has 0 unspecified atom stereocenters. The predicted octanol–water partition coefficient (Wildman–Crippen LogP) is 9.40. The Bertz CT molecular complexity index is 1710. The maximum absolute atomic E-state index is 13.4. The third kappa shape index (κ3) is 9.92. The molecule has 0 atom stereocenters. The van der Waals surface area contributed by atoms with E-state index >= 15 is 0 Å². The molecule has 3 heterocycles. The molecule has 0 fully saturated rings. The van der Waals surface area contributed by atoms with Crippen LogP contribution >= 0.6 is 0 Å². The quantitative estimate of drug-likeness (QED) is 0.132. The van der Waals surface area contributed by atoms with Crippen molar-refractivity contribution >= 4 is 0 Å². The van der Waals surface area contributed by atoms with Gasteiger partial charge in [-0.15, -0.1) is 36.4 Å². The monoisotopic (exact) mass is 805 g/mol. The van der Waals surface area contributed by atoms with Gasteiger partial charge in [-0.05, 0) is 56.1 Å². The molecule has 0 aliphatic rings. The summed E-state index contributed by atoms with van der Waals surface area (Å²) in [6.45, 7) is 5.64. The largest absolute Gasteiger partial charge is 3.00 e. The summed E-state index contributed by atoms with van der Waals surface area (Å²) in [7, 11) is 0. The average Bonchev–Trinajstić information content (AvgIpc) is 2.98. The number of benzene rings is 3. The summed E-state index contributed by atoms with van der Waals surface area (Å²) in [5.41, 5.74) is 4.89. The van der Waals surface area contributed by atoms with E-state index in [-0.39, 0.29) is 36.8 Å². The van der Waals surface area contributed by atoms with Crippen LogP contribution in [0.5, 0.6) is 0 Å². The molecular weight excluding hydrogens is 781 g/mol. The van der Waals surface area contributed by atoms with Gasteiger partial charge in [-0.1, -0.05) is 69.8 Å². The molecule has 0 amide bonds. The van der Waals surface area contributed by atoms with E-state index in [2.05, 4.69) is 33.2 Å². The first kappa shape index (κ1) is 35.8. The molecule has 0 radical (unpaired) electrons. The van der Waals surface area contributed by atoms with Crippen LogP contribution in [0.4, 0.5) is 26.3 Å². The van der Waals surface area contributed by atoms with E-state index < -0.39 is 34.9 Å². The van der Waals surface area contributed by atoms with Gasteiger partial charge in [-0.2, -0.15) is 0 Å². The molecular formula is C36H24F6IrN3. The zero-order chi connectivity index (χ0) is 32.5. The SMILES string of the molecule is Cc1ccnc(-c2[c-]cc(F)cc2F)c1.Cc1ccnc(-c2[c-]cc(F)cc2F)c1.Cc1ccnc(-c2[c-]cc(F)cc2F)c1.[Ir+3]. The van der Waals surface area contributed by atoms with Gasteiger partial charge in [0.05, 0.1) is 0 Å². The van der Waals surface area contributed by atoms with Gasteiger partial charge >= 0.3 is 20.1 Å². The first-order chi connectivity index (χ1) is 21.5. The summed E-state index contributed by atoms with van der Waals surface area (Å²) in [6.07, 6.45) is 4.75. The molecule has 46 heavy (non-hydrogen) atoms. The Morgan fingerprint density at radius 3 is 0.913 bits per heavy atom. The Labute approximate surface area is 276 Å². The number of nitrogens with zero attached hydrogens (tertiary/aromatic N) is 3. The number of pyridine rings is 3. The van der Waals surface area contributed by atoms with Crippen LogP contribution in [0.25, 0.3) is 33.8 Å². The van der Waals surface area contributed by atoms with Crippen LogP contribution < -0.4 is 0 Å². The van der Waals surface area contributed by atoms with Crippen molar-refractivity contribution in [3.8, 4) is 33.8 Å². The molecule has 0 N–H and O–H groups in total. The molecule has 0 saturated heterocycles. The molecule has 0 spiro atoms. The third-order valence-electron chi connectivity index (χ3n) is 6.09. The maximum atomic E-state index is 13.4. The number of aryl methyl sites for hydroxylation is 3. The van der Waals surface area contributed by atoms with Gasteiger partial charge in [0.2, 0.25) is 0 Å². The minimum atomic E-state index is -0.645. The normalized spacial score (nSPS) is 10.1. The topological polar surface area (TPSA) is 38.7 Å². The van der Waals surface area contributed by atoms with Crippen LogP contribution in [0.15, 0.2) is 91.4 Å². The standard InChI is InChI=1S/3C12H8F2N.Ir/c3*1-8-4-5-15-12(6-8)10-3-2-9(13)7-11(10)14;/h3*2,4-7H,1H3;/q3*-1;+3. The van der Waals surface area contributed by atoms with Crippen molar-refractivity contribution in [2.75, 3.05) is 0 Å². The van der Waals surface area contributed by atoms with E-state index in [1.807, 2.05) is 39.0 Å². The van der Waals surface area contributed by atoms with Crippen molar-refractivity contribution in [1.82, 2.24) is 15.0 Å². The summed E-state index contributed by atoms with van der Waals surface area (Å²) < 4.78 is 78.0. The molecule has 0 aliphatic carbocycles. The van der Waals surface area contributed by atoms with Crippen LogP contribution in [0.1, 0.15) is 16.7 Å². The van der Waals surface area contributed by atoms with E-state index in [1.165, 1.54) is 0 Å². The molecule has 0 aliphatic heterocycles. The van der Waals surface area contributed by atoms with E-state index in [0.29, 0.717) is 17.1 Å². The van der Waals surface area contributed by atoms with Crippen molar-refractivity contribution in [2.24, 2.45) is 0 Å². The first-order valence-corrected chi connectivity index (χ1v) is 13.4. The van der Waals surface area contributed by atoms with Crippen LogP contribution in [-0.4, -0.2) is 15.0 Å². The summed E-state index contributed by atoms with van der Waals surface area (Å²) in [6, 6.07) is 24.0. The molecule has 3 nitrogen and oxygen atoms in total. The fraction of sp³-hybridized carbons (Fsp3) is 0.0833. The Hall–Kier alpha value is -4.66. The number of aromatic nitrogens is 3. The number of hydrogen-bond acceptors (Lipinski definition) is 3. The fourth-order valence-corrected chi connectivity index (χ4v) is 3.94. The fourth-order valence-electron chi connectivity index (χ4n) is 3.94. The van der Waals surface area contributed by atoms with Crippen LogP contribution in [0, 0.1) is 73.9 Å². The second-order valence-corrected chi connectivity index (χ2v) is 9.78. The molecule has 10 heteroatoms. The van der Waals surface area contributed by atoms with E-state index in [4.69, 9.17) is 0 Å². The number of hydrogen-bond donors (Lipinski definition) is 0. The Balaban J connectivity index is 0.000000186. The molecule has 0 saturated carbocycles. The van der Waals surface area contributed by atoms with Crippen LogP contribution in [-0.2, 0) is 20.1 Å². The molecule has 3 aromatic carbocycles. The summed E-state index contributed by atoms with van der Waals surface area (Å²) in [4.78, 5) is 12.0. The van der Waals surface area contributed by atoms with Gasteiger partial charge < -0.3 is 15.0 Å². The van der Waals surface area contributed by atoms with Gasteiger partial charge in [0.25, 0.3) is 0 Å². The van der Waals surface area contributed by atoms with E-state index in [9.17, 15) is 26.3 Å². The summed E-state index contributed by atoms with van der Waals surface area (Å²) in [5.74, 6) is -3.84. The van der Waals surface area contributed by atoms with Crippen molar-refractivity contribution in [1.29, 1.82) is 0 Å². The molecule has 3 aromatic heterocycles. The second-order valence-electron chi connectivity index (χ2n) is 9.78. The van der Waals surface area contributed by atoms with Crippen molar-refractivity contribution < 1.29 is 46.4 Å². The minimum Gasteiger partial charge on any atom is -0.305 e. The summed E-state index contributed by atoms with van der Waals surface area (Å²) >= 11 is 0. The second kappa shape index (κ2) is 16.6. The zero-order valence-electron chi connectivity index (χ0n) is 24.6. The number of halogens is 6. The van der Waals surface area contributed by atoms with Gasteiger partial charge in [0, 0.05) is 53.5 Å². The molecule has 6 aromatic rings. The van der Waals surface area contributed by atoms with E-state index in [1.54, 1.807) is 36.8 Å². The van der Waals surface area contributed by atoms with Gasteiger partial charge in [0.1, 0.15) is 0 Å². The maximum Gasteiger partial charge on any atom is 3.00 e. The minimum absolute atomic E-state index is 0. The van der Waals surface area contributed by atoms with Crippen molar-refractivity contribution in [3.05, 3.63) is 161 Å². The number of rotatable bonds is 3. The Morgan fingerprint density at radius 1 is 0.435 bits per heavy atom. The summed E-state index contributed by atoms with van der Waals surface area (Å²) in [5, 5.41) is 0. The predicted molar refractivity (Wildman–Crippen MR) is 159 cm³/mol. The molecule has 6 rings (SSSR count). The smallest absolute Gasteiger partial charge is 0.305 e. The molecule has 0 bridgehead atoms. The Morgan fingerprint density at radius 2 is 0.696 bits per heavy atom. The van der Waals surface area contributed by atoms with Gasteiger partial charge in [0.15, 0.2) is 0 Å². The zero-order valence-corrected chi connectivity index (χ0v) is 27.0. The third-order valence-corrected chi connectivity index (χ3v) is 6.09. The Kier molecular flexibility index (Phi) is 12.9. The van der Waals surface area contributed by atoms with Gasteiger partial charge in [-0.25, -0.2) is 0 Å². The van der Waals surface area contributed by atoms with E-state index in [0.717, 1.165) is 53.1 Å². The first-order valence-electron chi connectivity index (χ1n) is 13.4. The molecule has 234 valence electrons. The van der Waals surface area contributed by atoms with Crippen LogP contribution in [0.2, 0.25) is 0 Å². The van der Waals surface area contributed by atoms with Crippen molar-refractivity contribution in [3.63, 3.8) is 0 Å². The van der Waals surface area contributed by atoms with Crippen LogP contribution in [0.3, 0.4) is 0 Å². The average molecular weight is 805 g/mol.